The van der Waals surface area contributed by atoms with Gasteiger partial charge in [0.2, 0.25) is 0 Å². The van der Waals surface area contributed by atoms with Crippen LogP contribution in [0.25, 0.3) is 0 Å². The first-order chi connectivity index (χ1) is 12.5. The van der Waals surface area contributed by atoms with Gasteiger partial charge in [-0.2, -0.15) is 0 Å². The number of sulfone groups is 1. The number of carbonyl (C=O) groups is 1. The zero-order chi connectivity index (χ0) is 18.8. The van der Waals surface area contributed by atoms with Gasteiger partial charge in [-0.05, 0) is 24.1 Å². The summed E-state index contributed by atoms with van der Waals surface area (Å²) in [6.45, 7) is 2.14. The van der Waals surface area contributed by atoms with E-state index in [1.165, 1.54) is 0 Å². The first-order valence-electron chi connectivity index (χ1n) is 8.80. The van der Waals surface area contributed by atoms with Gasteiger partial charge in [0.25, 0.3) is 0 Å². The molecule has 140 valence electrons. The number of rotatable bonds is 9. The molecule has 2 rings (SSSR count). The van der Waals surface area contributed by atoms with Gasteiger partial charge in [-0.3, -0.25) is 0 Å². The molecular weight excluding hydrogens is 350 g/mol. The fraction of sp³-hybridized carbons (Fsp3) is 0.350. The lowest BCUT2D eigenvalue weighted by molar-refractivity contribution is 0.138. The van der Waals surface area contributed by atoms with Crippen molar-refractivity contribution < 1.29 is 17.9 Å². The summed E-state index contributed by atoms with van der Waals surface area (Å²) in [4.78, 5) is 12.3. The molecule has 1 atom stereocenters. The Hall–Kier alpha value is -2.34. The predicted octanol–water partition coefficient (Wildman–Crippen LogP) is 4.29. The molecule has 1 unspecified atom stereocenters. The standard InChI is InChI=1S/C20H25NO4S/c1-2-3-6-15-19(26(23,24)18-13-9-5-10-14-18)21-20(22)25-16-17-11-7-4-8-12-17/h4-5,7-14,19H,2-3,6,15-16H2,1H3,(H,21,22). The van der Waals surface area contributed by atoms with Crippen LogP contribution in [-0.4, -0.2) is 19.9 Å². The molecule has 26 heavy (non-hydrogen) atoms. The van der Waals surface area contributed by atoms with Crippen LogP contribution in [0.15, 0.2) is 65.6 Å². The molecule has 6 heteroatoms. The summed E-state index contributed by atoms with van der Waals surface area (Å²) in [5.74, 6) is 0. The van der Waals surface area contributed by atoms with Gasteiger partial charge in [0.05, 0.1) is 4.90 Å². The monoisotopic (exact) mass is 375 g/mol. The van der Waals surface area contributed by atoms with Crippen molar-refractivity contribution in [1.29, 1.82) is 0 Å². The van der Waals surface area contributed by atoms with Crippen molar-refractivity contribution in [2.75, 3.05) is 0 Å². The number of nitrogens with one attached hydrogen (secondary N) is 1. The maximum atomic E-state index is 12.9. The molecule has 2 aromatic rings. The van der Waals surface area contributed by atoms with E-state index in [4.69, 9.17) is 4.74 Å². The zero-order valence-electron chi connectivity index (χ0n) is 14.9. The van der Waals surface area contributed by atoms with Crippen molar-refractivity contribution in [3.05, 3.63) is 66.2 Å². The van der Waals surface area contributed by atoms with E-state index in [0.29, 0.717) is 12.8 Å². The van der Waals surface area contributed by atoms with Gasteiger partial charge in [0.1, 0.15) is 12.0 Å². The number of hydrogen-bond acceptors (Lipinski definition) is 4. The molecule has 0 saturated heterocycles. The topological polar surface area (TPSA) is 72.5 Å². The first kappa shape index (κ1) is 20.0. The van der Waals surface area contributed by atoms with Crippen molar-refractivity contribution >= 4 is 15.9 Å². The summed E-state index contributed by atoms with van der Waals surface area (Å²) in [7, 11) is -3.67. The third-order valence-corrected chi connectivity index (χ3v) is 6.04. The normalized spacial score (nSPS) is 12.3. The van der Waals surface area contributed by atoms with E-state index in [1.807, 2.05) is 37.3 Å². The smallest absolute Gasteiger partial charge is 0.408 e. The van der Waals surface area contributed by atoms with Crippen LogP contribution in [0, 0.1) is 0 Å². The Morgan fingerprint density at radius 2 is 1.62 bits per heavy atom. The lowest BCUT2D eigenvalue weighted by Crippen LogP contribution is -2.41. The Bertz CT molecular complexity index is 776. The van der Waals surface area contributed by atoms with Crippen LogP contribution in [0.3, 0.4) is 0 Å². The van der Waals surface area contributed by atoms with E-state index in [2.05, 4.69) is 5.32 Å². The average molecular weight is 375 g/mol. The second kappa shape index (κ2) is 9.97. The van der Waals surface area contributed by atoms with E-state index in [1.54, 1.807) is 30.3 Å². The fourth-order valence-electron chi connectivity index (χ4n) is 2.56. The summed E-state index contributed by atoms with van der Waals surface area (Å²) in [5, 5.41) is 1.54. The largest absolute Gasteiger partial charge is 0.445 e. The molecule has 0 saturated carbocycles. The van der Waals surface area contributed by atoms with Crippen molar-refractivity contribution in [3.8, 4) is 0 Å². The van der Waals surface area contributed by atoms with Crippen LogP contribution in [0.5, 0.6) is 0 Å². The molecule has 0 aromatic heterocycles. The van der Waals surface area contributed by atoms with E-state index >= 15 is 0 Å². The molecule has 1 amide bonds. The van der Waals surface area contributed by atoms with Gasteiger partial charge in [-0.15, -0.1) is 0 Å². The number of alkyl carbamates (subject to hydrolysis) is 1. The van der Waals surface area contributed by atoms with Gasteiger partial charge in [-0.25, -0.2) is 13.2 Å². The van der Waals surface area contributed by atoms with Crippen molar-refractivity contribution in [2.45, 2.75) is 49.5 Å². The van der Waals surface area contributed by atoms with Gasteiger partial charge >= 0.3 is 6.09 Å². The highest BCUT2D eigenvalue weighted by Crippen LogP contribution is 2.19. The maximum Gasteiger partial charge on any atom is 0.408 e. The van der Waals surface area contributed by atoms with Crippen LogP contribution in [0.1, 0.15) is 38.2 Å². The van der Waals surface area contributed by atoms with E-state index < -0.39 is 21.3 Å². The Labute approximate surface area is 155 Å². The summed E-state index contributed by atoms with van der Waals surface area (Å²) < 4.78 is 30.9. The molecule has 0 aliphatic heterocycles. The highest BCUT2D eigenvalue weighted by molar-refractivity contribution is 7.92. The Morgan fingerprint density at radius 3 is 2.23 bits per heavy atom. The molecule has 5 nitrogen and oxygen atoms in total. The minimum Gasteiger partial charge on any atom is -0.445 e. The van der Waals surface area contributed by atoms with Crippen LogP contribution < -0.4 is 5.32 Å². The van der Waals surface area contributed by atoms with Gasteiger partial charge < -0.3 is 10.1 Å². The number of benzene rings is 2. The molecule has 1 N–H and O–H groups in total. The average Bonchev–Trinajstić information content (AvgIpc) is 2.67. The zero-order valence-corrected chi connectivity index (χ0v) is 15.7. The minimum atomic E-state index is -3.67. The van der Waals surface area contributed by atoms with E-state index in [-0.39, 0.29) is 11.5 Å². The minimum absolute atomic E-state index is 0.0970. The predicted molar refractivity (Wildman–Crippen MR) is 101 cm³/mol. The third kappa shape index (κ3) is 5.88. The lowest BCUT2D eigenvalue weighted by Gasteiger charge is -2.19. The number of ether oxygens (including phenoxy) is 1. The van der Waals surface area contributed by atoms with E-state index in [0.717, 1.165) is 18.4 Å². The number of amides is 1. The Kier molecular flexibility index (Phi) is 7.66. The van der Waals surface area contributed by atoms with Gasteiger partial charge in [-0.1, -0.05) is 74.7 Å². The molecule has 2 aromatic carbocycles. The molecule has 0 fully saturated rings. The first-order valence-corrected chi connectivity index (χ1v) is 10.3. The number of carbonyl (C=O) groups excluding carboxylic acids is 1. The summed E-state index contributed by atoms with van der Waals surface area (Å²) in [6, 6.07) is 17.4. The molecular formula is C20H25NO4S. The lowest BCUT2D eigenvalue weighted by atomic mass is 10.2. The van der Waals surface area contributed by atoms with Gasteiger partial charge in [0.15, 0.2) is 9.84 Å². The number of unbranched alkanes of at least 4 members (excludes halogenated alkanes) is 2. The number of hydrogen-bond donors (Lipinski definition) is 1. The summed E-state index contributed by atoms with van der Waals surface area (Å²) in [5.41, 5.74) is 0.844. The van der Waals surface area contributed by atoms with Crippen molar-refractivity contribution in [1.82, 2.24) is 5.32 Å². The molecule has 0 aliphatic rings. The highest BCUT2D eigenvalue weighted by atomic mass is 32.2. The third-order valence-electron chi connectivity index (χ3n) is 4.01. The summed E-state index contributed by atoms with van der Waals surface area (Å²) in [6.07, 6.45) is 2.21. The molecule has 0 heterocycles. The molecule has 0 bridgehead atoms. The Morgan fingerprint density at radius 1 is 1.00 bits per heavy atom. The summed E-state index contributed by atoms with van der Waals surface area (Å²) >= 11 is 0. The van der Waals surface area contributed by atoms with E-state index in [9.17, 15) is 13.2 Å². The molecule has 0 aliphatic carbocycles. The second-order valence-corrected chi connectivity index (χ2v) is 8.18. The second-order valence-electron chi connectivity index (χ2n) is 6.05. The quantitative estimate of drug-likeness (QED) is 0.664. The fourth-order valence-corrected chi connectivity index (χ4v) is 4.15. The SMILES string of the molecule is CCCCCC(NC(=O)OCc1ccccc1)S(=O)(=O)c1ccccc1. The maximum absolute atomic E-state index is 12.9. The highest BCUT2D eigenvalue weighted by Gasteiger charge is 2.29. The Balaban J connectivity index is 2.05. The van der Waals surface area contributed by atoms with Gasteiger partial charge in [0, 0.05) is 0 Å². The van der Waals surface area contributed by atoms with Crippen LogP contribution in [0.4, 0.5) is 4.79 Å². The van der Waals surface area contributed by atoms with Crippen LogP contribution >= 0.6 is 0 Å². The van der Waals surface area contributed by atoms with Crippen molar-refractivity contribution in [2.24, 2.45) is 0 Å². The molecule has 0 spiro atoms. The molecule has 0 radical (unpaired) electrons. The van der Waals surface area contributed by atoms with Crippen LogP contribution in [-0.2, 0) is 21.2 Å². The van der Waals surface area contributed by atoms with Crippen LogP contribution in [0.2, 0.25) is 0 Å². The van der Waals surface area contributed by atoms with Crippen molar-refractivity contribution in [3.63, 3.8) is 0 Å².